The molecule has 1 unspecified atom stereocenters. The number of piperidine rings is 1. The average molecular weight is 236 g/mol. The standard InChI is InChI=1S/C13H24N4/c1-15-13(12-3-2-7-16-12)11-4-8-17(9-5-11)10-6-14/h2-3,7,11,13,15-16H,4-6,8-10,14H2,1H3. The first-order chi connectivity index (χ1) is 8.35. The summed E-state index contributed by atoms with van der Waals surface area (Å²) in [5.74, 6) is 0.729. The van der Waals surface area contributed by atoms with Crippen molar-refractivity contribution in [3.05, 3.63) is 24.0 Å². The minimum Gasteiger partial charge on any atom is -0.364 e. The lowest BCUT2D eigenvalue weighted by Gasteiger charge is -2.35. The molecule has 0 bridgehead atoms. The fourth-order valence-electron chi connectivity index (χ4n) is 2.88. The van der Waals surface area contributed by atoms with E-state index < -0.39 is 0 Å². The smallest absolute Gasteiger partial charge is 0.0499 e. The molecule has 1 atom stereocenters. The number of nitrogens with one attached hydrogen (secondary N) is 2. The number of nitrogens with zero attached hydrogens (tertiary/aromatic N) is 1. The topological polar surface area (TPSA) is 57.1 Å². The Labute approximate surface area is 104 Å². The lowest BCUT2D eigenvalue weighted by Crippen LogP contribution is -2.40. The molecule has 1 saturated heterocycles. The Balaban J connectivity index is 1.90. The fourth-order valence-corrected chi connectivity index (χ4v) is 2.88. The third-order valence-electron chi connectivity index (χ3n) is 3.82. The van der Waals surface area contributed by atoms with Crippen molar-refractivity contribution in [2.75, 3.05) is 33.2 Å². The van der Waals surface area contributed by atoms with Crippen molar-refractivity contribution in [1.82, 2.24) is 15.2 Å². The summed E-state index contributed by atoms with van der Waals surface area (Å²) in [7, 11) is 2.05. The van der Waals surface area contributed by atoms with E-state index in [-0.39, 0.29) is 0 Å². The minimum absolute atomic E-state index is 0.463. The summed E-state index contributed by atoms with van der Waals surface area (Å²) in [6, 6.07) is 4.71. The van der Waals surface area contributed by atoms with Crippen LogP contribution >= 0.6 is 0 Å². The predicted octanol–water partition coefficient (Wildman–Crippen LogP) is 0.946. The van der Waals surface area contributed by atoms with Crippen molar-refractivity contribution in [3.8, 4) is 0 Å². The van der Waals surface area contributed by atoms with Gasteiger partial charge < -0.3 is 20.9 Å². The van der Waals surface area contributed by atoms with E-state index in [1.165, 1.54) is 31.6 Å². The van der Waals surface area contributed by atoms with E-state index in [1.807, 2.05) is 6.20 Å². The first-order valence-corrected chi connectivity index (χ1v) is 6.58. The van der Waals surface area contributed by atoms with Crippen LogP contribution in [0.3, 0.4) is 0 Å². The van der Waals surface area contributed by atoms with E-state index in [1.54, 1.807) is 0 Å². The van der Waals surface area contributed by atoms with Crippen LogP contribution in [0.4, 0.5) is 0 Å². The van der Waals surface area contributed by atoms with Gasteiger partial charge >= 0.3 is 0 Å². The third-order valence-corrected chi connectivity index (χ3v) is 3.82. The van der Waals surface area contributed by atoms with Gasteiger partial charge in [-0.05, 0) is 51.0 Å². The van der Waals surface area contributed by atoms with E-state index in [4.69, 9.17) is 5.73 Å². The van der Waals surface area contributed by atoms with Crippen LogP contribution in [0, 0.1) is 5.92 Å². The van der Waals surface area contributed by atoms with Crippen LogP contribution in [0.2, 0.25) is 0 Å². The van der Waals surface area contributed by atoms with Crippen molar-refractivity contribution in [2.24, 2.45) is 11.7 Å². The number of nitrogens with two attached hydrogens (primary N) is 1. The molecule has 0 aliphatic carbocycles. The normalized spacial score (nSPS) is 20.6. The first kappa shape index (κ1) is 12.6. The Morgan fingerprint density at radius 2 is 2.29 bits per heavy atom. The highest BCUT2D eigenvalue weighted by atomic mass is 15.1. The highest BCUT2D eigenvalue weighted by molar-refractivity contribution is 5.10. The highest BCUT2D eigenvalue weighted by Gasteiger charge is 2.26. The number of aromatic amines is 1. The van der Waals surface area contributed by atoms with E-state index in [9.17, 15) is 0 Å². The lowest BCUT2D eigenvalue weighted by molar-refractivity contribution is 0.163. The largest absolute Gasteiger partial charge is 0.364 e. The molecule has 0 radical (unpaired) electrons. The molecule has 0 spiro atoms. The molecule has 2 heterocycles. The zero-order valence-electron chi connectivity index (χ0n) is 10.7. The zero-order valence-corrected chi connectivity index (χ0v) is 10.7. The van der Waals surface area contributed by atoms with Gasteiger partial charge in [0, 0.05) is 31.0 Å². The molecule has 17 heavy (non-hydrogen) atoms. The maximum atomic E-state index is 5.60. The Morgan fingerprint density at radius 3 is 2.82 bits per heavy atom. The van der Waals surface area contributed by atoms with Gasteiger partial charge in [0.05, 0.1) is 0 Å². The Kier molecular flexibility index (Phi) is 4.59. The maximum absolute atomic E-state index is 5.60. The zero-order chi connectivity index (χ0) is 12.1. The molecule has 4 N–H and O–H groups in total. The molecule has 1 aromatic rings. The van der Waals surface area contributed by atoms with Gasteiger partial charge in [-0.15, -0.1) is 0 Å². The second-order valence-electron chi connectivity index (χ2n) is 4.86. The fraction of sp³-hybridized carbons (Fsp3) is 0.692. The van der Waals surface area contributed by atoms with Crippen LogP contribution in [0.1, 0.15) is 24.6 Å². The summed E-state index contributed by atoms with van der Waals surface area (Å²) in [5.41, 5.74) is 6.91. The van der Waals surface area contributed by atoms with Crippen molar-refractivity contribution in [1.29, 1.82) is 0 Å². The van der Waals surface area contributed by atoms with Gasteiger partial charge in [-0.25, -0.2) is 0 Å². The van der Waals surface area contributed by atoms with Crippen molar-refractivity contribution >= 4 is 0 Å². The highest BCUT2D eigenvalue weighted by Crippen LogP contribution is 2.29. The van der Waals surface area contributed by atoms with E-state index in [0.717, 1.165) is 19.0 Å². The molecule has 96 valence electrons. The maximum Gasteiger partial charge on any atom is 0.0499 e. The Morgan fingerprint density at radius 1 is 1.53 bits per heavy atom. The number of H-pyrrole nitrogens is 1. The summed E-state index contributed by atoms with van der Waals surface area (Å²) in [6.45, 7) is 4.18. The molecule has 0 saturated carbocycles. The quantitative estimate of drug-likeness (QED) is 0.713. The van der Waals surface area contributed by atoms with Crippen LogP contribution < -0.4 is 11.1 Å². The first-order valence-electron chi connectivity index (χ1n) is 6.58. The Hall–Kier alpha value is -0.840. The predicted molar refractivity (Wildman–Crippen MR) is 70.8 cm³/mol. The molecule has 0 aromatic carbocycles. The minimum atomic E-state index is 0.463. The Bertz CT molecular complexity index is 301. The van der Waals surface area contributed by atoms with Gasteiger partial charge in [0.2, 0.25) is 0 Å². The van der Waals surface area contributed by atoms with Gasteiger partial charge in [0.1, 0.15) is 0 Å². The van der Waals surface area contributed by atoms with Crippen LogP contribution in [-0.2, 0) is 0 Å². The lowest BCUT2D eigenvalue weighted by atomic mass is 9.87. The van der Waals surface area contributed by atoms with Gasteiger partial charge in [0.25, 0.3) is 0 Å². The molecular weight excluding hydrogens is 212 g/mol. The molecule has 4 heteroatoms. The van der Waals surface area contributed by atoms with Gasteiger partial charge in [-0.2, -0.15) is 0 Å². The SMILES string of the molecule is CNC(c1ccc[nH]1)C1CCN(CCN)CC1. The average Bonchev–Trinajstić information content (AvgIpc) is 2.86. The molecule has 1 aliphatic heterocycles. The molecule has 4 nitrogen and oxygen atoms in total. The summed E-state index contributed by atoms with van der Waals surface area (Å²) >= 11 is 0. The molecule has 1 fully saturated rings. The molecule has 2 rings (SSSR count). The number of hydrogen-bond acceptors (Lipinski definition) is 3. The van der Waals surface area contributed by atoms with Gasteiger partial charge in [0.15, 0.2) is 0 Å². The van der Waals surface area contributed by atoms with Gasteiger partial charge in [-0.1, -0.05) is 0 Å². The molecule has 1 aliphatic rings. The van der Waals surface area contributed by atoms with Gasteiger partial charge in [-0.3, -0.25) is 0 Å². The molecule has 1 aromatic heterocycles. The van der Waals surface area contributed by atoms with Crippen molar-refractivity contribution in [3.63, 3.8) is 0 Å². The third kappa shape index (κ3) is 3.09. The van der Waals surface area contributed by atoms with Crippen LogP contribution in [0.5, 0.6) is 0 Å². The summed E-state index contributed by atoms with van der Waals surface area (Å²) in [6.07, 6.45) is 4.51. The van der Waals surface area contributed by atoms with E-state index in [0.29, 0.717) is 6.04 Å². The van der Waals surface area contributed by atoms with Crippen molar-refractivity contribution < 1.29 is 0 Å². The summed E-state index contributed by atoms with van der Waals surface area (Å²) in [5, 5.41) is 3.45. The number of rotatable bonds is 5. The molecule has 0 amide bonds. The van der Waals surface area contributed by atoms with E-state index in [2.05, 4.69) is 34.4 Å². The van der Waals surface area contributed by atoms with Crippen LogP contribution in [-0.4, -0.2) is 43.1 Å². The van der Waals surface area contributed by atoms with Crippen molar-refractivity contribution in [2.45, 2.75) is 18.9 Å². The van der Waals surface area contributed by atoms with E-state index >= 15 is 0 Å². The monoisotopic (exact) mass is 236 g/mol. The summed E-state index contributed by atoms with van der Waals surface area (Å²) in [4.78, 5) is 5.80. The molecular formula is C13H24N4. The second kappa shape index (κ2) is 6.19. The van der Waals surface area contributed by atoms with Crippen LogP contribution in [0.25, 0.3) is 0 Å². The second-order valence-corrected chi connectivity index (χ2v) is 4.86. The number of likely N-dealkylation sites (tertiary alicyclic amines) is 1. The van der Waals surface area contributed by atoms with Crippen LogP contribution in [0.15, 0.2) is 18.3 Å². The summed E-state index contributed by atoms with van der Waals surface area (Å²) < 4.78 is 0. The number of aromatic nitrogens is 1. The number of hydrogen-bond donors (Lipinski definition) is 3.